The van der Waals surface area contributed by atoms with Crippen LogP contribution in [0.5, 0.6) is 0 Å². The lowest BCUT2D eigenvalue weighted by Gasteiger charge is -2.19. The summed E-state index contributed by atoms with van der Waals surface area (Å²) >= 11 is 1.35. The predicted octanol–water partition coefficient (Wildman–Crippen LogP) is 3.39. The second-order valence-corrected chi connectivity index (χ2v) is 6.55. The number of nitrogens with one attached hydrogen (secondary N) is 1. The monoisotopic (exact) mass is 338 g/mol. The van der Waals surface area contributed by atoms with Gasteiger partial charge < -0.3 is 4.90 Å². The SMILES string of the molecule is CN(C)C(=O)C(Sc1n[nH]c(-c2ccccc2)n1)c1ccccc1. The maximum absolute atomic E-state index is 12.6. The van der Waals surface area contributed by atoms with Crippen molar-refractivity contribution in [3.8, 4) is 11.4 Å². The molecule has 0 spiro atoms. The molecule has 6 heteroatoms. The molecule has 0 saturated heterocycles. The molecule has 5 nitrogen and oxygen atoms in total. The molecular weight excluding hydrogens is 320 g/mol. The van der Waals surface area contributed by atoms with Crippen LogP contribution in [-0.4, -0.2) is 40.1 Å². The summed E-state index contributed by atoms with van der Waals surface area (Å²) in [4.78, 5) is 18.7. The third-order valence-corrected chi connectivity index (χ3v) is 4.61. The van der Waals surface area contributed by atoms with Gasteiger partial charge in [-0.15, -0.1) is 5.10 Å². The van der Waals surface area contributed by atoms with Crippen molar-refractivity contribution < 1.29 is 4.79 Å². The maximum Gasteiger partial charge on any atom is 0.240 e. The zero-order valence-corrected chi connectivity index (χ0v) is 14.3. The number of thioether (sulfide) groups is 1. The number of carbonyl (C=O) groups excluding carboxylic acids is 1. The zero-order chi connectivity index (χ0) is 16.9. The van der Waals surface area contributed by atoms with Crippen molar-refractivity contribution in [1.82, 2.24) is 20.1 Å². The number of nitrogens with zero attached hydrogens (tertiary/aromatic N) is 3. The summed E-state index contributed by atoms with van der Waals surface area (Å²) < 4.78 is 0. The Kier molecular flexibility index (Phi) is 4.96. The first kappa shape index (κ1) is 16.3. The molecule has 1 unspecified atom stereocenters. The molecule has 24 heavy (non-hydrogen) atoms. The first-order valence-corrected chi connectivity index (χ1v) is 8.43. The molecule has 1 aromatic heterocycles. The van der Waals surface area contributed by atoms with Crippen LogP contribution in [0.4, 0.5) is 0 Å². The predicted molar refractivity (Wildman–Crippen MR) is 95.6 cm³/mol. The lowest BCUT2D eigenvalue weighted by Crippen LogP contribution is -2.26. The molecule has 2 aromatic carbocycles. The quantitative estimate of drug-likeness (QED) is 0.724. The van der Waals surface area contributed by atoms with Crippen molar-refractivity contribution in [2.24, 2.45) is 0 Å². The zero-order valence-electron chi connectivity index (χ0n) is 13.5. The molecule has 3 aromatic rings. The van der Waals surface area contributed by atoms with Crippen LogP contribution in [0.3, 0.4) is 0 Å². The van der Waals surface area contributed by atoms with Gasteiger partial charge in [-0.3, -0.25) is 9.89 Å². The van der Waals surface area contributed by atoms with Gasteiger partial charge in [0, 0.05) is 19.7 Å². The first-order valence-electron chi connectivity index (χ1n) is 7.56. The average Bonchev–Trinajstić information content (AvgIpc) is 3.09. The number of carbonyl (C=O) groups is 1. The molecule has 0 aliphatic carbocycles. The van der Waals surface area contributed by atoms with Crippen molar-refractivity contribution in [2.75, 3.05) is 14.1 Å². The van der Waals surface area contributed by atoms with E-state index in [2.05, 4.69) is 15.2 Å². The number of rotatable bonds is 5. The van der Waals surface area contributed by atoms with Crippen LogP contribution in [0, 0.1) is 0 Å². The number of amides is 1. The number of H-pyrrole nitrogens is 1. The minimum absolute atomic E-state index is 0.0114. The third-order valence-electron chi connectivity index (χ3n) is 3.50. The van der Waals surface area contributed by atoms with Gasteiger partial charge >= 0.3 is 0 Å². The van der Waals surface area contributed by atoms with E-state index in [0.29, 0.717) is 11.0 Å². The van der Waals surface area contributed by atoms with Crippen LogP contribution >= 0.6 is 11.8 Å². The van der Waals surface area contributed by atoms with Gasteiger partial charge in [-0.2, -0.15) is 0 Å². The Morgan fingerprint density at radius 1 is 1.04 bits per heavy atom. The molecule has 0 saturated carbocycles. The number of benzene rings is 2. The van der Waals surface area contributed by atoms with Gasteiger partial charge in [0.1, 0.15) is 5.25 Å². The first-order chi connectivity index (χ1) is 11.6. The number of hydrogen-bond acceptors (Lipinski definition) is 4. The van der Waals surface area contributed by atoms with Crippen LogP contribution in [0.1, 0.15) is 10.8 Å². The smallest absolute Gasteiger partial charge is 0.240 e. The molecule has 0 aliphatic rings. The van der Waals surface area contributed by atoms with Gasteiger partial charge in [0.05, 0.1) is 0 Å². The summed E-state index contributed by atoms with van der Waals surface area (Å²) in [5.74, 6) is 0.708. The number of aromatic amines is 1. The van der Waals surface area contributed by atoms with E-state index in [9.17, 15) is 4.79 Å². The molecule has 1 amide bonds. The van der Waals surface area contributed by atoms with Gasteiger partial charge in [-0.05, 0) is 5.56 Å². The lowest BCUT2D eigenvalue weighted by molar-refractivity contribution is -0.128. The number of hydrogen-bond donors (Lipinski definition) is 1. The molecule has 1 atom stereocenters. The molecular formula is C18H18N4OS. The van der Waals surface area contributed by atoms with Gasteiger partial charge in [0.2, 0.25) is 11.1 Å². The molecule has 1 heterocycles. The van der Waals surface area contributed by atoms with E-state index < -0.39 is 0 Å². The van der Waals surface area contributed by atoms with Crippen molar-refractivity contribution in [3.63, 3.8) is 0 Å². The Morgan fingerprint density at radius 2 is 1.67 bits per heavy atom. The average molecular weight is 338 g/mol. The fourth-order valence-corrected chi connectivity index (χ4v) is 3.31. The summed E-state index contributed by atoms with van der Waals surface area (Å²) in [6.07, 6.45) is 0. The topological polar surface area (TPSA) is 61.9 Å². The van der Waals surface area contributed by atoms with E-state index in [4.69, 9.17) is 0 Å². The largest absolute Gasteiger partial charge is 0.348 e. The Morgan fingerprint density at radius 3 is 2.29 bits per heavy atom. The highest BCUT2D eigenvalue weighted by atomic mass is 32.2. The van der Waals surface area contributed by atoms with Gasteiger partial charge in [0.25, 0.3) is 0 Å². The minimum Gasteiger partial charge on any atom is -0.348 e. The lowest BCUT2D eigenvalue weighted by atomic mass is 10.1. The molecule has 0 aliphatic heterocycles. The summed E-state index contributed by atoms with van der Waals surface area (Å²) in [6.45, 7) is 0. The van der Waals surface area contributed by atoms with Gasteiger partial charge in [0.15, 0.2) is 5.82 Å². The molecule has 0 fully saturated rings. The fraction of sp³-hybridized carbons (Fsp3) is 0.167. The van der Waals surface area contributed by atoms with Crippen LogP contribution in [-0.2, 0) is 4.79 Å². The highest BCUT2D eigenvalue weighted by Crippen LogP contribution is 2.35. The van der Waals surface area contributed by atoms with Gasteiger partial charge in [-0.1, -0.05) is 72.4 Å². The van der Waals surface area contributed by atoms with E-state index >= 15 is 0 Å². The van der Waals surface area contributed by atoms with Crippen LogP contribution < -0.4 is 0 Å². The van der Waals surface area contributed by atoms with Crippen LogP contribution in [0.25, 0.3) is 11.4 Å². The van der Waals surface area contributed by atoms with Crippen molar-refractivity contribution in [3.05, 3.63) is 66.2 Å². The van der Waals surface area contributed by atoms with Crippen molar-refractivity contribution in [1.29, 1.82) is 0 Å². The fourth-order valence-electron chi connectivity index (χ4n) is 2.25. The molecule has 0 bridgehead atoms. The normalized spacial score (nSPS) is 11.9. The summed E-state index contributed by atoms with van der Waals surface area (Å²) in [6, 6.07) is 19.5. The number of likely N-dealkylation sites (N-methyl/N-ethyl adjacent to an activating group) is 1. The minimum atomic E-state index is -0.374. The van der Waals surface area contributed by atoms with Crippen LogP contribution in [0.15, 0.2) is 65.8 Å². The van der Waals surface area contributed by atoms with E-state index in [-0.39, 0.29) is 11.2 Å². The standard InChI is InChI=1S/C18H18N4OS/c1-22(2)17(23)15(13-9-5-3-6-10-13)24-18-19-16(20-21-18)14-11-7-4-8-12-14/h3-12,15H,1-2H3,(H,19,20,21). The summed E-state index contributed by atoms with van der Waals surface area (Å²) in [5.41, 5.74) is 1.90. The Balaban J connectivity index is 1.86. The van der Waals surface area contributed by atoms with Crippen LogP contribution in [0.2, 0.25) is 0 Å². The second-order valence-electron chi connectivity index (χ2n) is 5.47. The Labute approximate surface area is 145 Å². The highest BCUT2D eigenvalue weighted by molar-refractivity contribution is 8.00. The number of aromatic nitrogens is 3. The van der Waals surface area contributed by atoms with E-state index in [1.54, 1.807) is 19.0 Å². The molecule has 122 valence electrons. The second kappa shape index (κ2) is 7.31. The van der Waals surface area contributed by atoms with E-state index in [1.165, 1.54) is 11.8 Å². The Hall–Kier alpha value is -2.60. The molecule has 0 radical (unpaired) electrons. The third kappa shape index (κ3) is 3.65. The van der Waals surface area contributed by atoms with Crippen molar-refractivity contribution in [2.45, 2.75) is 10.4 Å². The summed E-state index contributed by atoms with van der Waals surface area (Å²) in [7, 11) is 3.51. The summed E-state index contributed by atoms with van der Waals surface area (Å²) in [5, 5.41) is 7.38. The van der Waals surface area contributed by atoms with E-state index in [1.807, 2.05) is 60.7 Å². The maximum atomic E-state index is 12.6. The van der Waals surface area contributed by atoms with E-state index in [0.717, 1.165) is 11.1 Å². The Bertz CT molecular complexity index is 802. The van der Waals surface area contributed by atoms with Crippen molar-refractivity contribution >= 4 is 17.7 Å². The molecule has 1 N–H and O–H groups in total. The molecule has 3 rings (SSSR count). The van der Waals surface area contributed by atoms with Gasteiger partial charge in [-0.25, -0.2) is 4.98 Å². The highest BCUT2D eigenvalue weighted by Gasteiger charge is 2.25.